The summed E-state index contributed by atoms with van der Waals surface area (Å²) in [7, 11) is 0. The van der Waals surface area contributed by atoms with Crippen LogP contribution in [0.3, 0.4) is 0 Å². The van der Waals surface area contributed by atoms with Crippen LogP contribution in [0, 0.1) is 5.92 Å². The largest absolute Gasteiger partial charge is 0.376 e. The molecule has 138 valence electrons. The highest BCUT2D eigenvalue weighted by molar-refractivity contribution is 7.07. The fraction of sp³-hybridized carbons (Fsp3) is 0.450. The summed E-state index contributed by atoms with van der Waals surface area (Å²) in [4.78, 5) is 15.4. The molecule has 4 rings (SSSR count). The van der Waals surface area contributed by atoms with E-state index in [0.717, 1.165) is 25.0 Å². The van der Waals surface area contributed by atoms with Crippen molar-refractivity contribution in [1.29, 1.82) is 0 Å². The minimum Gasteiger partial charge on any atom is -0.376 e. The van der Waals surface area contributed by atoms with Gasteiger partial charge in [-0.3, -0.25) is 10.2 Å². The van der Waals surface area contributed by atoms with Crippen molar-refractivity contribution in [1.82, 2.24) is 15.8 Å². The molecule has 2 aromatic rings. The zero-order valence-electron chi connectivity index (χ0n) is 14.8. The molecule has 26 heavy (non-hydrogen) atoms. The second kappa shape index (κ2) is 8.31. The monoisotopic (exact) mass is 371 g/mol. The summed E-state index contributed by atoms with van der Waals surface area (Å²) in [6, 6.07) is 12.3. The third kappa shape index (κ3) is 3.99. The first kappa shape index (κ1) is 17.7. The molecule has 2 N–H and O–H groups in total. The van der Waals surface area contributed by atoms with Crippen molar-refractivity contribution >= 4 is 17.2 Å². The Morgan fingerprint density at radius 2 is 2.15 bits per heavy atom. The van der Waals surface area contributed by atoms with Crippen LogP contribution in [0.5, 0.6) is 0 Å². The highest BCUT2D eigenvalue weighted by atomic mass is 32.1. The van der Waals surface area contributed by atoms with E-state index in [-0.39, 0.29) is 24.0 Å². The Balaban J connectivity index is 1.52. The molecule has 0 spiro atoms. The second-order valence-electron chi connectivity index (χ2n) is 7.01. The summed E-state index contributed by atoms with van der Waals surface area (Å²) in [5, 5.41) is 4.19. The third-order valence-electron chi connectivity index (χ3n) is 5.17. The number of thiophene rings is 1. The second-order valence-corrected chi connectivity index (χ2v) is 7.79. The van der Waals surface area contributed by atoms with Crippen LogP contribution in [0.4, 0.5) is 0 Å². The summed E-state index contributed by atoms with van der Waals surface area (Å²) in [6.07, 6.45) is 2.29. The lowest BCUT2D eigenvalue weighted by Crippen LogP contribution is -2.42. The Hall–Kier alpha value is -1.73. The number of rotatable bonds is 6. The topological polar surface area (TPSA) is 53.6 Å². The van der Waals surface area contributed by atoms with Gasteiger partial charge < -0.3 is 9.64 Å². The number of carbonyl (C=O) groups is 1. The first-order valence-corrected chi connectivity index (χ1v) is 10.2. The fourth-order valence-corrected chi connectivity index (χ4v) is 4.47. The molecule has 2 aliphatic heterocycles. The zero-order valence-corrected chi connectivity index (χ0v) is 15.6. The molecule has 1 amide bonds. The third-order valence-corrected chi connectivity index (χ3v) is 5.90. The van der Waals surface area contributed by atoms with Crippen LogP contribution in [-0.4, -0.2) is 36.6 Å². The lowest BCUT2D eigenvalue weighted by atomic mass is 9.93. The predicted octanol–water partition coefficient (Wildman–Crippen LogP) is 2.72. The van der Waals surface area contributed by atoms with Gasteiger partial charge >= 0.3 is 0 Å². The van der Waals surface area contributed by atoms with Crippen molar-refractivity contribution in [2.45, 2.75) is 31.5 Å². The maximum atomic E-state index is 13.4. The van der Waals surface area contributed by atoms with Gasteiger partial charge in [0.15, 0.2) is 0 Å². The van der Waals surface area contributed by atoms with Gasteiger partial charge in [0.25, 0.3) is 0 Å². The van der Waals surface area contributed by atoms with E-state index < -0.39 is 0 Å². The van der Waals surface area contributed by atoms with Gasteiger partial charge in [-0.2, -0.15) is 11.3 Å². The minimum absolute atomic E-state index is 0.00169. The van der Waals surface area contributed by atoms with E-state index in [4.69, 9.17) is 4.74 Å². The van der Waals surface area contributed by atoms with Gasteiger partial charge in [0, 0.05) is 26.2 Å². The standard InChI is InChI=1S/C20H25N3O2S/c24-20(18-11-21-22-19(18)16-5-2-1-3-6-16)23(12-15-8-10-26-14-15)13-17-7-4-9-25-17/h1-3,5-6,8,10,14,17-19,21-22H,4,7,9,11-13H2. The van der Waals surface area contributed by atoms with Crippen LogP contribution in [-0.2, 0) is 16.1 Å². The van der Waals surface area contributed by atoms with Gasteiger partial charge in [-0.25, -0.2) is 5.43 Å². The average Bonchev–Trinajstić information content (AvgIpc) is 3.43. The number of carbonyl (C=O) groups excluding carboxylic acids is 1. The predicted molar refractivity (Wildman–Crippen MR) is 103 cm³/mol. The maximum Gasteiger partial charge on any atom is 0.229 e. The van der Waals surface area contributed by atoms with E-state index in [0.29, 0.717) is 19.6 Å². The molecular weight excluding hydrogens is 346 g/mol. The SMILES string of the molecule is O=C(C1CNNC1c1ccccc1)N(Cc1ccsc1)CC1CCCO1. The smallest absolute Gasteiger partial charge is 0.229 e. The molecule has 1 aromatic carbocycles. The van der Waals surface area contributed by atoms with Crippen molar-refractivity contribution < 1.29 is 9.53 Å². The molecule has 3 atom stereocenters. The van der Waals surface area contributed by atoms with Gasteiger partial charge in [-0.05, 0) is 40.8 Å². The fourth-order valence-electron chi connectivity index (χ4n) is 3.81. The molecule has 2 aliphatic rings. The maximum absolute atomic E-state index is 13.4. The van der Waals surface area contributed by atoms with Crippen LogP contribution in [0.25, 0.3) is 0 Å². The molecular formula is C20H25N3O2S. The highest BCUT2D eigenvalue weighted by Crippen LogP contribution is 2.28. The Bertz CT molecular complexity index is 701. The Morgan fingerprint density at radius 3 is 2.88 bits per heavy atom. The van der Waals surface area contributed by atoms with Crippen LogP contribution in [0.15, 0.2) is 47.2 Å². The molecule has 0 radical (unpaired) electrons. The zero-order chi connectivity index (χ0) is 17.8. The van der Waals surface area contributed by atoms with Crippen LogP contribution in [0.1, 0.15) is 30.0 Å². The van der Waals surface area contributed by atoms with Gasteiger partial charge in [0.2, 0.25) is 5.91 Å². The molecule has 1 aromatic heterocycles. The number of hydrogen-bond acceptors (Lipinski definition) is 5. The van der Waals surface area contributed by atoms with Crippen LogP contribution < -0.4 is 10.9 Å². The van der Waals surface area contributed by atoms with Gasteiger partial charge in [0.05, 0.1) is 18.1 Å². The lowest BCUT2D eigenvalue weighted by molar-refractivity contribution is -0.137. The number of nitrogens with zero attached hydrogens (tertiary/aromatic N) is 1. The van der Waals surface area contributed by atoms with E-state index in [1.807, 2.05) is 23.1 Å². The molecule has 2 fully saturated rings. The number of benzene rings is 1. The Morgan fingerprint density at radius 1 is 1.27 bits per heavy atom. The van der Waals surface area contributed by atoms with E-state index in [1.54, 1.807) is 11.3 Å². The molecule has 0 aliphatic carbocycles. The van der Waals surface area contributed by atoms with Crippen molar-refractivity contribution in [3.63, 3.8) is 0 Å². The van der Waals surface area contributed by atoms with Gasteiger partial charge in [-0.1, -0.05) is 30.3 Å². The van der Waals surface area contributed by atoms with E-state index in [2.05, 4.69) is 39.8 Å². The highest BCUT2D eigenvalue weighted by Gasteiger charge is 2.37. The quantitative estimate of drug-likeness (QED) is 0.820. The summed E-state index contributed by atoms with van der Waals surface area (Å²) in [5.74, 6) is 0.0792. The van der Waals surface area contributed by atoms with Crippen LogP contribution >= 0.6 is 11.3 Å². The van der Waals surface area contributed by atoms with Gasteiger partial charge in [0.1, 0.15) is 0 Å². The molecule has 3 unspecified atom stereocenters. The first-order chi connectivity index (χ1) is 12.8. The van der Waals surface area contributed by atoms with E-state index >= 15 is 0 Å². The number of hydrazine groups is 1. The van der Waals surface area contributed by atoms with Crippen molar-refractivity contribution in [3.05, 3.63) is 58.3 Å². The van der Waals surface area contributed by atoms with E-state index in [1.165, 1.54) is 5.56 Å². The summed E-state index contributed by atoms with van der Waals surface area (Å²) < 4.78 is 5.80. The molecule has 5 nitrogen and oxygen atoms in total. The normalized spacial score (nSPS) is 25.5. The summed E-state index contributed by atoms with van der Waals surface area (Å²) in [6.45, 7) is 2.78. The molecule has 6 heteroatoms. The molecule has 2 saturated heterocycles. The average molecular weight is 372 g/mol. The Kier molecular flexibility index (Phi) is 5.65. The number of amides is 1. The number of hydrogen-bond donors (Lipinski definition) is 2. The summed E-state index contributed by atoms with van der Waals surface area (Å²) >= 11 is 1.67. The van der Waals surface area contributed by atoms with Crippen molar-refractivity contribution in [2.24, 2.45) is 5.92 Å². The van der Waals surface area contributed by atoms with E-state index in [9.17, 15) is 4.79 Å². The number of ether oxygens (including phenoxy) is 1. The first-order valence-electron chi connectivity index (χ1n) is 9.26. The molecule has 0 bridgehead atoms. The van der Waals surface area contributed by atoms with Gasteiger partial charge in [-0.15, -0.1) is 0 Å². The molecule has 0 saturated carbocycles. The minimum atomic E-state index is -0.113. The molecule has 3 heterocycles. The number of nitrogens with one attached hydrogen (secondary N) is 2. The van der Waals surface area contributed by atoms with Crippen molar-refractivity contribution in [2.75, 3.05) is 19.7 Å². The Labute approximate surface area is 158 Å². The van der Waals surface area contributed by atoms with Crippen LogP contribution in [0.2, 0.25) is 0 Å². The van der Waals surface area contributed by atoms with Crippen molar-refractivity contribution in [3.8, 4) is 0 Å². The summed E-state index contributed by atoms with van der Waals surface area (Å²) in [5.41, 5.74) is 8.80. The lowest BCUT2D eigenvalue weighted by Gasteiger charge is -2.29.